The highest BCUT2D eigenvalue weighted by molar-refractivity contribution is 5.91. The molecule has 0 aliphatic heterocycles. The zero-order chi connectivity index (χ0) is 35.3. The van der Waals surface area contributed by atoms with Crippen molar-refractivity contribution in [3.05, 3.63) is 132 Å². The van der Waals surface area contributed by atoms with Gasteiger partial charge >= 0.3 is 0 Å². The van der Waals surface area contributed by atoms with Crippen LogP contribution < -0.4 is 21.7 Å². The fourth-order valence-corrected chi connectivity index (χ4v) is 4.68. The van der Waals surface area contributed by atoms with E-state index >= 15 is 0 Å². The second kappa shape index (κ2) is 18.2. The Labute approximate surface area is 301 Å². The lowest BCUT2D eigenvalue weighted by Gasteiger charge is -2.04. The maximum absolute atomic E-state index is 11.8. The minimum absolute atomic E-state index is 0. The summed E-state index contributed by atoms with van der Waals surface area (Å²) in [6.45, 7) is 8.17. The lowest BCUT2D eigenvalue weighted by atomic mass is 10.1. The lowest BCUT2D eigenvalue weighted by Crippen LogP contribution is -2.28. The quantitative estimate of drug-likeness (QED) is 0.105. The number of amides is 2. The van der Waals surface area contributed by atoms with Crippen LogP contribution in [0.25, 0.3) is 34.9 Å². The highest BCUT2D eigenvalue weighted by atomic mass is 35.5. The van der Waals surface area contributed by atoms with E-state index in [2.05, 4.69) is 88.5 Å². The van der Waals surface area contributed by atoms with Gasteiger partial charge in [0.1, 0.15) is 23.0 Å². The number of anilines is 2. The second-order valence-corrected chi connectivity index (χ2v) is 11.1. The van der Waals surface area contributed by atoms with Crippen molar-refractivity contribution in [1.82, 2.24) is 50.8 Å². The van der Waals surface area contributed by atoms with Crippen molar-refractivity contribution in [2.45, 2.75) is 27.7 Å². The zero-order valence-corrected chi connectivity index (χ0v) is 29.2. The molecule has 0 aliphatic rings. The number of nitrogens with zero attached hydrogens (tertiary/aromatic N) is 8. The van der Waals surface area contributed by atoms with Gasteiger partial charge in [0.15, 0.2) is 0 Å². The predicted molar refractivity (Wildman–Crippen MR) is 200 cm³/mol. The number of halogens is 1. The number of hydrogen-bond donors (Lipinski definition) is 4. The number of rotatable bonds is 10. The molecule has 260 valence electrons. The molecule has 4 aromatic heterocycles. The number of hydrogen-bond acceptors (Lipinski definition) is 10. The third-order valence-corrected chi connectivity index (χ3v) is 6.73. The van der Waals surface area contributed by atoms with Crippen molar-refractivity contribution in [3.8, 4) is 22.5 Å². The summed E-state index contributed by atoms with van der Waals surface area (Å²) in [6, 6.07) is 23.1. The topological polar surface area (TPSA) is 169 Å². The second-order valence-electron chi connectivity index (χ2n) is 11.1. The Bertz CT molecular complexity index is 1920. The number of pyridine rings is 2. The van der Waals surface area contributed by atoms with Crippen LogP contribution in [0.3, 0.4) is 0 Å². The highest BCUT2D eigenvalue weighted by Gasteiger charge is 2.06. The number of carbonyl (C=O) groups excluding carboxylic acids is 2. The maximum atomic E-state index is 11.8. The summed E-state index contributed by atoms with van der Waals surface area (Å²) >= 11 is 0. The molecule has 15 heteroatoms. The summed E-state index contributed by atoms with van der Waals surface area (Å²) in [7, 11) is 0. The van der Waals surface area contributed by atoms with Gasteiger partial charge in [0.05, 0.1) is 24.8 Å². The van der Waals surface area contributed by atoms with Crippen LogP contribution in [-0.2, 0) is 9.59 Å². The lowest BCUT2D eigenvalue weighted by molar-refractivity contribution is -0.116. The van der Waals surface area contributed by atoms with Crippen molar-refractivity contribution < 1.29 is 9.59 Å². The molecule has 0 spiro atoms. The zero-order valence-electron chi connectivity index (χ0n) is 28.3. The van der Waals surface area contributed by atoms with Crippen LogP contribution in [0.2, 0.25) is 0 Å². The molecule has 0 unspecified atom stereocenters. The van der Waals surface area contributed by atoms with E-state index in [-0.39, 0.29) is 24.2 Å². The summed E-state index contributed by atoms with van der Waals surface area (Å²) in [4.78, 5) is 34.4. The third-order valence-electron chi connectivity index (χ3n) is 6.73. The first-order chi connectivity index (χ1) is 24.2. The number of aromatic nitrogens is 8. The van der Waals surface area contributed by atoms with E-state index < -0.39 is 0 Å². The minimum atomic E-state index is -0.337. The molecule has 6 aromatic rings. The van der Waals surface area contributed by atoms with Gasteiger partial charge in [0.2, 0.25) is 0 Å². The van der Waals surface area contributed by atoms with Gasteiger partial charge in [0.25, 0.3) is 11.8 Å². The fraction of sp³-hybridized carbons (Fsp3) is 0.111. The largest absolute Gasteiger partial charge is 0.282 e. The van der Waals surface area contributed by atoms with E-state index in [1.54, 1.807) is 49.1 Å². The highest BCUT2D eigenvalue weighted by Crippen LogP contribution is 2.20. The molecule has 2 aromatic carbocycles. The SMILES string of the molecule is Cc1cc(C)cc(-c2cnn(/C=C\C(=O)NNc3ccccn3)n2)c1.Cc1cc(C)cc(-c2cnn(/C=C\C(=O)NNc3ccccn3)n2)c1.Cl. The first kappa shape index (κ1) is 37.2. The molecule has 14 nitrogen and oxygen atoms in total. The van der Waals surface area contributed by atoms with Crippen LogP contribution >= 0.6 is 12.4 Å². The van der Waals surface area contributed by atoms with Crippen LogP contribution in [-0.4, -0.2) is 51.8 Å². The summed E-state index contributed by atoms with van der Waals surface area (Å²) in [5, 5.41) is 17.0. The van der Waals surface area contributed by atoms with E-state index in [9.17, 15) is 9.59 Å². The van der Waals surface area contributed by atoms with Gasteiger partial charge in [-0.25, -0.2) is 9.97 Å². The molecular formula is C36H37ClN12O2. The number of aryl methyl sites for hydroxylation is 4. The average molecular weight is 705 g/mol. The smallest absolute Gasteiger partial charge is 0.263 e. The molecule has 0 aliphatic carbocycles. The normalized spacial score (nSPS) is 10.6. The van der Waals surface area contributed by atoms with Crippen molar-refractivity contribution in [2.24, 2.45) is 0 Å². The molecule has 0 atom stereocenters. The van der Waals surface area contributed by atoms with Crippen molar-refractivity contribution in [3.63, 3.8) is 0 Å². The van der Waals surface area contributed by atoms with E-state index in [1.807, 2.05) is 39.8 Å². The van der Waals surface area contributed by atoms with Crippen molar-refractivity contribution in [2.75, 3.05) is 10.9 Å². The van der Waals surface area contributed by atoms with Gasteiger partial charge in [-0.1, -0.05) is 46.5 Å². The summed E-state index contributed by atoms with van der Waals surface area (Å²) < 4.78 is 0. The van der Waals surface area contributed by atoms with Crippen LogP contribution in [0.5, 0.6) is 0 Å². The standard InChI is InChI=1S/2C18H18N6O.ClH/c2*1-13-9-14(2)11-15(10-13)16-12-20-24(23-16)8-6-18(25)22-21-17-5-3-4-7-19-17;/h2*3-12H,1-2H3,(H,19,21)(H,22,25);1H/b2*8-6-;. The Morgan fingerprint density at radius 3 is 1.33 bits per heavy atom. The number of nitrogens with one attached hydrogen (secondary N) is 4. The van der Waals surface area contributed by atoms with E-state index in [4.69, 9.17) is 0 Å². The number of benzene rings is 2. The van der Waals surface area contributed by atoms with Gasteiger partial charge in [0, 0.05) is 35.7 Å². The number of carbonyl (C=O) groups is 2. The van der Waals surface area contributed by atoms with Crippen LogP contribution in [0, 0.1) is 27.7 Å². The van der Waals surface area contributed by atoms with Crippen LogP contribution in [0.1, 0.15) is 22.3 Å². The first-order valence-corrected chi connectivity index (χ1v) is 15.5. The third kappa shape index (κ3) is 11.8. The Balaban J connectivity index is 0.000000224. The maximum Gasteiger partial charge on any atom is 0.263 e. The van der Waals surface area contributed by atoms with E-state index in [0.29, 0.717) is 11.6 Å². The summed E-state index contributed by atoms with van der Waals surface area (Å²) in [6.07, 6.45) is 12.2. The molecule has 0 radical (unpaired) electrons. The summed E-state index contributed by atoms with van der Waals surface area (Å²) in [5.74, 6) is 0.434. The Kier molecular flexibility index (Phi) is 13.3. The number of hydrazine groups is 2. The monoisotopic (exact) mass is 704 g/mol. The Morgan fingerprint density at radius 2 is 0.980 bits per heavy atom. The van der Waals surface area contributed by atoms with Gasteiger partial charge < -0.3 is 0 Å². The molecular weight excluding hydrogens is 668 g/mol. The summed E-state index contributed by atoms with van der Waals surface area (Å²) in [5.41, 5.74) is 18.6. The fourth-order valence-electron chi connectivity index (χ4n) is 4.68. The molecule has 4 N–H and O–H groups in total. The molecule has 6 rings (SSSR count). The van der Waals surface area contributed by atoms with Crippen molar-refractivity contribution in [1.29, 1.82) is 0 Å². The van der Waals surface area contributed by atoms with Crippen LogP contribution in [0.4, 0.5) is 11.6 Å². The van der Waals surface area contributed by atoms with Crippen molar-refractivity contribution >= 4 is 48.3 Å². The van der Waals surface area contributed by atoms with Crippen LogP contribution in [0.15, 0.2) is 110 Å². The van der Waals surface area contributed by atoms with E-state index in [1.165, 1.54) is 56.4 Å². The van der Waals surface area contributed by atoms with Gasteiger partial charge in [-0.15, -0.1) is 22.6 Å². The Morgan fingerprint density at radius 1 is 0.588 bits per heavy atom. The van der Waals surface area contributed by atoms with Gasteiger partial charge in [-0.3, -0.25) is 31.3 Å². The first-order valence-electron chi connectivity index (χ1n) is 15.5. The molecule has 2 amide bonds. The Hall–Kier alpha value is -6.67. The molecule has 0 saturated heterocycles. The molecule has 0 bridgehead atoms. The minimum Gasteiger partial charge on any atom is -0.282 e. The van der Waals surface area contributed by atoms with Gasteiger partial charge in [-0.2, -0.15) is 19.8 Å². The molecule has 4 heterocycles. The molecule has 0 saturated carbocycles. The average Bonchev–Trinajstić information content (AvgIpc) is 3.79. The van der Waals surface area contributed by atoms with Gasteiger partial charge in [-0.05, 0) is 76.2 Å². The molecule has 51 heavy (non-hydrogen) atoms. The predicted octanol–water partition coefficient (Wildman–Crippen LogP) is 5.56. The van der Waals surface area contributed by atoms with E-state index in [0.717, 1.165) is 22.5 Å². The molecule has 0 fully saturated rings.